The molecule has 0 aromatic carbocycles. The van der Waals surface area contributed by atoms with Gasteiger partial charge >= 0.3 is 0 Å². The predicted molar refractivity (Wildman–Crippen MR) is 64.2 cm³/mol. The van der Waals surface area contributed by atoms with Gasteiger partial charge in [0, 0.05) is 5.03 Å². The summed E-state index contributed by atoms with van der Waals surface area (Å²) in [7, 11) is 0. The van der Waals surface area contributed by atoms with E-state index in [9.17, 15) is 0 Å². The Labute approximate surface area is 88.7 Å². The van der Waals surface area contributed by atoms with E-state index in [1.54, 1.807) is 0 Å². The summed E-state index contributed by atoms with van der Waals surface area (Å²) >= 11 is 5.88. The lowest BCUT2D eigenvalue weighted by Crippen LogP contribution is -1.97. The fourth-order valence-electron chi connectivity index (χ4n) is 0.894. The number of hydrogen-bond acceptors (Lipinski definition) is 0. The minimum Gasteiger partial charge on any atom is -0.0888 e. The van der Waals surface area contributed by atoms with Crippen LogP contribution in [0.4, 0.5) is 0 Å². The summed E-state index contributed by atoms with van der Waals surface area (Å²) in [5.74, 6) is 0.537. The molecule has 0 bridgehead atoms. The molecule has 1 heteroatoms. The van der Waals surface area contributed by atoms with E-state index in [2.05, 4.69) is 19.9 Å². The van der Waals surface area contributed by atoms with E-state index in [4.69, 9.17) is 11.6 Å². The molecule has 1 rings (SSSR count). The zero-order valence-electron chi connectivity index (χ0n) is 9.82. The van der Waals surface area contributed by atoms with Crippen molar-refractivity contribution in [2.45, 2.75) is 48.0 Å². The topological polar surface area (TPSA) is 0 Å². The number of halogens is 1. The van der Waals surface area contributed by atoms with Gasteiger partial charge in [-0.15, -0.1) is 0 Å². The summed E-state index contributed by atoms with van der Waals surface area (Å²) < 4.78 is 0. The first-order valence-corrected chi connectivity index (χ1v) is 5.62. The molecule has 0 saturated carbocycles. The average Bonchev–Trinajstić information content (AvgIpc) is 2.18. The van der Waals surface area contributed by atoms with Crippen molar-refractivity contribution in [1.29, 1.82) is 0 Å². The molecule has 0 nitrogen and oxygen atoms in total. The van der Waals surface area contributed by atoms with Crippen molar-refractivity contribution >= 4 is 11.6 Å². The van der Waals surface area contributed by atoms with Crippen LogP contribution in [0.3, 0.4) is 0 Å². The molecule has 0 N–H and O–H groups in total. The highest BCUT2D eigenvalue weighted by Crippen LogP contribution is 2.25. The summed E-state index contributed by atoms with van der Waals surface area (Å²) in [6.07, 6.45) is 5.35. The molecule has 78 valence electrons. The molecule has 1 atom stereocenters. The van der Waals surface area contributed by atoms with E-state index >= 15 is 0 Å². The lowest BCUT2D eigenvalue weighted by atomic mass is 9.99. The quantitative estimate of drug-likeness (QED) is 0.510. The highest BCUT2D eigenvalue weighted by Gasteiger charge is 2.08. The van der Waals surface area contributed by atoms with Gasteiger partial charge in [0.2, 0.25) is 0 Å². The van der Waals surface area contributed by atoms with Crippen molar-refractivity contribution in [1.82, 2.24) is 0 Å². The normalized spacial score (nSPS) is 19.8. The molecule has 0 aromatic heterocycles. The highest BCUT2D eigenvalue weighted by molar-refractivity contribution is 6.30. The van der Waals surface area contributed by atoms with Crippen LogP contribution >= 0.6 is 11.6 Å². The molecule has 0 saturated heterocycles. The first-order chi connectivity index (χ1) is 6.20. The molecular formula is C12H23Cl. The molecule has 13 heavy (non-hydrogen) atoms. The molecule has 1 unspecified atom stereocenters. The van der Waals surface area contributed by atoms with E-state index in [1.165, 1.54) is 5.57 Å². The van der Waals surface area contributed by atoms with Crippen molar-refractivity contribution < 1.29 is 0 Å². The van der Waals surface area contributed by atoms with Crippen molar-refractivity contribution in [3.05, 3.63) is 22.8 Å². The van der Waals surface area contributed by atoms with Gasteiger partial charge in [0.15, 0.2) is 0 Å². The summed E-state index contributed by atoms with van der Waals surface area (Å²) in [6, 6.07) is 0. The maximum atomic E-state index is 5.88. The van der Waals surface area contributed by atoms with Crippen LogP contribution in [0.15, 0.2) is 22.8 Å². The Morgan fingerprint density at radius 1 is 1.23 bits per heavy atom. The van der Waals surface area contributed by atoms with E-state index in [1.807, 2.05) is 33.8 Å². The van der Waals surface area contributed by atoms with Crippen LogP contribution in [0.5, 0.6) is 0 Å². The molecule has 0 aliphatic heterocycles. The van der Waals surface area contributed by atoms with Crippen LogP contribution in [0.2, 0.25) is 0 Å². The second kappa shape index (κ2) is 9.85. The van der Waals surface area contributed by atoms with Crippen LogP contribution in [0.25, 0.3) is 0 Å². The van der Waals surface area contributed by atoms with Gasteiger partial charge < -0.3 is 0 Å². The largest absolute Gasteiger partial charge is 0.0888 e. The number of allylic oxidation sites excluding steroid dienone is 4. The Balaban J connectivity index is 0. The summed E-state index contributed by atoms with van der Waals surface area (Å²) in [6.45, 7) is 12.2. The lowest BCUT2D eigenvalue weighted by Gasteiger charge is -2.12. The van der Waals surface area contributed by atoms with E-state index in [0.29, 0.717) is 5.92 Å². The number of rotatable bonds is 0. The molecule has 0 spiro atoms. The minimum absolute atomic E-state index is 0.537. The van der Waals surface area contributed by atoms with Gasteiger partial charge in [-0.1, -0.05) is 57.9 Å². The zero-order chi connectivity index (χ0) is 10.9. The van der Waals surface area contributed by atoms with Crippen LogP contribution in [0, 0.1) is 5.92 Å². The van der Waals surface area contributed by atoms with Gasteiger partial charge in [0.1, 0.15) is 0 Å². The van der Waals surface area contributed by atoms with Gasteiger partial charge in [0.05, 0.1) is 0 Å². The van der Waals surface area contributed by atoms with E-state index in [-0.39, 0.29) is 0 Å². The fourth-order valence-corrected chi connectivity index (χ4v) is 1.16. The van der Waals surface area contributed by atoms with Crippen molar-refractivity contribution in [2.24, 2.45) is 5.92 Å². The molecule has 0 fully saturated rings. The van der Waals surface area contributed by atoms with Crippen LogP contribution in [-0.2, 0) is 0 Å². The van der Waals surface area contributed by atoms with Gasteiger partial charge in [-0.2, -0.15) is 0 Å². The second-order valence-electron chi connectivity index (χ2n) is 2.61. The first-order valence-electron chi connectivity index (χ1n) is 5.24. The van der Waals surface area contributed by atoms with Gasteiger partial charge in [-0.25, -0.2) is 0 Å². The van der Waals surface area contributed by atoms with Crippen LogP contribution < -0.4 is 0 Å². The van der Waals surface area contributed by atoms with Crippen LogP contribution in [-0.4, -0.2) is 0 Å². The van der Waals surface area contributed by atoms with Gasteiger partial charge in [0.25, 0.3) is 0 Å². The summed E-state index contributed by atoms with van der Waals surface area (Å²) in [5.41, 5.74) is 1.29. The monoisotopic (exact) mass is 202 g/mol. The first kappa shape index (κ1) is 15.3. The summed E-state index contributed by atoms with van der Waals surface area (Å²) in [4.78, 5) is 0. The Morgan fingerprint density at radius 3 is 2.00 bits per heavy atom. The van der Waals surface area contributed by atoms with Crippen LogP contribution in [0.1, 0.15) is 48.0 Å². The molecule has 1 aliphatic rings. The Kier molecular flexibility index (Phi) is 11.6. The third kappa shape index (κ3) is 6.89. The highest BCUT2D eigenvalue weighted by atomic mass is 35.5. The molecule has 0 amide bonds. The maximum Gasteiger partial charge on any atom is 0.0214 e. The standard InChI is InChI=1S/C8H11Cl.2C2H6/c1-6-3-4-7(2)8(9)5-6;2*1-2/h3,5,7H,4H2,1-2H3;2*1-2H3. The fraction of sp³-hybridized carbons (Fsp3) is 0.667. The molecule has 0 aromatic rings. The SMILES string of the molecule is CC.CC.CC1=CCC(C)C(Cl)=C1. The van der Waals surface area contributed by atoms with E-state index in [0.717, 1.165) is 11.5 Å². The zero-order valence-corrected chi connectivity index (χ0v) is 10.6. The Hall–Kier alpha value is -0.230. The average molecular weight is 203 g/mol. The molecular weight excluding hydrogens is 180 g/mol. The second-order valence-corrected chi connectivity index (χ2v) is 3.05. The van der Waals surface area contributed by atoms with Gasteiger partial charge in [-0.3, -0.25) is 0 Å². The van der Waals surface area contributed by atoms with Crippen molar-refractivity contribution in [2.75, 3.05) is 0 Å². The number of hydrogen-bond donors (Lipinski definition) is 0. The lowest BCUT2D eigenvalue weighted by molar-refractivity contribution is 0.715. The Morgan fingerprint density at radius 2 is 1.69 bits per heavy atom. The van der Waals surface area contributed by atoms with E-state index < -0.39 is 0 Å². The van der Waals surface area contributed by atoms with Crippen molar-refractivity contribution in [3.63, 3.8) is 0 Å². The minimum atomic E-state index is 0.537. The smallest absolute Gasteiger partial charge is 0.0214 e. The third-order valence-corrected chi connectivity index (χ3v) is 2.11. The Bertz CT molecular complexity index is 166. The predicted octanol–water partition coefficient (Wildman–Crippen LogP) is 5.15. The molecule has 0 heterocycles. The maximum absolute atomic E-state index is 5.88. The summed E-state index contributed by atoms with van der Waals surface area (Å²) in [5, 5.41) is 0.995. The molecule has 0 radical (unpaired) electrons. The van der Waals surface area contributed by atoms with Crippen molar-refractivity contribution in [3.8, 4) is 0 Å². The molecule has 1 aliphatic carbocycles. The third-order valence-electron chi connectivity index (χ3n) is 1.63. The van der Waals surface area contributed by atoms with Gasteiger partial charge in [-0.05, 0) is 25.3 Å².